The minimum Gasteiger partial charge on any atom is -0.348 e. The SMILES string of the molecule is O=C(NC1CCC(C(=O)Nc2nc3ccc(Cl)cc3[nH]2)CC1)c1ccc2cc(Cl)ccc2n1. The first-order valence-electron chi connectivity index (χ1n) is 10.8. The Kier molecular flexibility index (Phi) is 5.91. The van der Waals surface area contributed by atoms with E-state index in [0.717, 1.165) is 34.8 Å². The molecule has 0 saturated heterocycles. The Morgan fingerprint density at radius 2 is 1.61 bits per heavy atom. The molecule has 7 nitrogen and oxygen atoms in total. The lowest BCUT2D eigenvalue weighted by Crippen LogP contribution is -2.39. The Morgan fingerprint density at radius 1 is 0.879 bits per heavy atom. The number of nitrogens with zero attached hydrogens (tertiary/aromatic N) is 2. The van der Waals surface area contributed by atoms with Gasteiger partial charge in [0.1, 0.15) is 5.69 Å². The van der Waals surface area contributed by atoms with Crippen LogP contribution in [0.5, 0.6) is 0 Å². The van der Waals surface area contributed by atoms with Crippen molar-refractivity contribution in [1.82, 2.24) is 20.3 Å². The van der Waals surface area contributed by atoms with Gasteiger partial charge in [0, 0.05) is 27.4 Å². The third-order valence-corrected chi connectivity index (χ3v) is 6.47. The van der Waals surface area contributed by atoms with Gasteiger partial charge in [0.05, 0.1) is 16.6 Å². The molecule has 2 amide bonds. The van der Waals surface area contributed by atoms with Crippen molar-refractivity contribution < 1.29 is 9.59 Å². The molecule has 0 bridgehead atoms. The van der Waals surface area contributed by atoms with Gasteiger partial charge >= 0.3 is 0 Å². The number of hydrogen-bond acceptors (Lipinski definition) is 4. The van der Waals surface area contributed by atoms with Crippen LogP contribution in [0.3, 0.4) is 0 Å². The van der Waals surface area contributed by atoms with Gasteiger partial charge < -0.3 is 10.3 Å². The Balaban J connectivity index is 1.16. The predicted octanol–water partition coefficient (Wildman–Crippen LogP) is 5.35. The number of hydrogen-bond donors (Lipinski definition) is 3. The van der Waals surface area contributed by atoms with Crippen molar-refractivity contribution in [2.45, 2.75) is 31.7 Å². The summed E-state index contributed by atoms with van der Waals surface area (Å²) in [5, 5.41) is 8.04. The number of carbonyl (C=O) groups is 2. The van der Waals surface area contributed by atoms with E-state index >= 15 is 0 Å². The van der Waals surface area contributed by atoms with Crippen LogP contribution < -0.4 is 10.6 Å². The molecular weight excluding hydrogens is 461 g/mol. The molecule has 9 heteroatoms. The fourth-order valence-electron chi connectivity index (χ4n) is 4.24. The standard InChI is InChI=1S/C24H21Cl2N5O2/c25-15-4-9-18-14(11-15)3-8-20(28-18)23(33)27-17-6-1-13(2-7-17)22(32)31-24-29-19-10-5-16(26)12-21(19)30-24/h3-5,8-13,17H,1-2,6-7H2,(H,27,33)(H2,29,30,31,32). The van der Waals surface area contributed by atoms with Gasteiger partial charge in [0.15, 0.2) is 0 Å². The Hall–Kier alpha value is -3.16. The topological polar surface area (TPSA) is 99.8 Å². The Labute approximate surface area is 199 Å². The summed E-state index contributed by atoms with van der Waals surface area (Å²) in [6, 6.07) is 14.3. The molecule has 2 aromatic carbocycles. The van der Waals surface area contributed by atoms with Gasteiger partial charge in [0.2, 0.25) is 11.9 Å². The molecule has 0 spiro atoms. The maximum absolute atomic E-state index is 12.7. The van der Waals surface area contributed by atoms with Crippen LogP contribution in [-0.2, 0) is 4.79 Å². The highest BCUT2D eigenvalue weighted by atomic mass is 35.5. The van der Waals surface area contributed by atoms with Crippen molar-refractivity contribution in [3.05, 3.63) is 64.3 Å². The second-order valence-electron chi connectivity index (χ2n) is 8.29. The quantitative estimate of drug-likeness (QED) is 0.365. The van der Waals surface area contributed by atoms with Crippen LogP contribution in [0.1, 0.15) is 36.2 Å². The highest BCUT2D eigenvalue weighted by Crippen LogP contribution is 2.26. The van der Waals surface area contributed by atoms with E-state index in [1.807, 2.05) is 12.1 Å². The highest BCUT2D eigenvalue weighted by molar-refractivity contribution is 6.31. The Morgan fingerprint density at radius 3 is 2.39 bits per heavy atom. The number of H-pyrrole nitrogens is 1. The van der Waals surface area contributed by atoms with Crippen LogP contribution in [-0.4, -0.2) is 32.8 Å². The van der Waals surface area contributed by atoms with Crippen LogP contribution in [0, 0.1) is 5.92 Å². The van der Waals surface area contributed by atoms with Gasteiger partial charge in [0.25, 0.3) is 5.91 Å². The molecule has 1 fully saturated rings. The minimum absolute atomic E-state index is 0.0117. The summed E-state index contributed by atoms with van der Waals surface area (Å²) in [6.45, 7) is 0. The van der Waals surface area contributed by atoms with Crippen molar-refractivity contribution in [3.63, 3.8) is 0 Å². The molecule has 1 saturated carbocycles. The van der Waals surface area contributed by atoms with Crippen molar-refractivity contribution in [1.29, 1.82) is 0 Å². The number of aromatic nitrogens is 3. The maximum atomic E-state index is 12.7. The number of imidazole rings is 1. The third kappa shape index (κ3) is 4.79. The van der Waals surface area contributed by atoms with E-state index in [0.29, 0.717) is 34.5 Å². The molecule has 0 atom stereocenters. The number of amides is 2. The zero-order valence-corrected chi connectivity index (χ0v) is 19.1. The van der Waals surface area contributed by atoms with Crippen molar-refractivity contribution in [2.75, 3.05) is 5.32 Å². The van der Waals surface area contributed by atoms with Gasteiger partial charge in [-0.05, 0) is 68.1 Å². The fourth-order valence-corrected chi connectivity index (χ4v) is 4.59. The summed E-state index contributed by atoms with van der Waals surface area (Å²) in [6.07, 6.45) is 2.82. The van der Waals surface area contributed by atoms with Crippen molar-refractivity contribution in [2.24, 2.45) is 5.92 Å². The van der Waals surface area contributed by atoms with E-state index in [9.17, 15) is 9.59 Å². The van der Waals surface area contributed by atoms with Gasteiger partial charge in [-0.3, -0.25) is 14.9 Å². The number of halogens is 2. The molecule has 33 heavy (non-hydrogen) atoms. The van der Waals surface area contributed by atoms with Crippen LogP contribution in [0.2, 0.25) is 10.0 Å². The molecule has 3 N–H and O–H groups in total. The zero-order chi connectivity index (χ0) is 22.9. The maximum Gasteiger partial charge on any atom is 0.270 e. The molecule has 4 aromatic rings. The first kappa shape index (κ1) is 21.7. The summed E-state index contributed by atoms with van der Waals surface area (Å²) in [4.78, 5) is 37.3. The summed E-state index contributed by atoms with van der Waals surface area (Å²) in [5.74, 6) is 0.00956. The molecule has 0 unspecified atom stereocenters. The van der Waals surface area contributed by atoms with Crippen molar-refractivity contribution >= 4 is 62.9 Å². The van der Waals surface area contributed by atoms with Crippen LogP contribution in [0.15, 0.2) is 48.5 Å². The zero-order valence-electron chi connectivity index (χ0n) is 17.6. The number of aromatic amines is 1. The van der Waals surface area contributed by atoms with Gasteiger partial charge in [-0.25, -0.2) is 9.97 Å². The molecule has 168 valence electrons. The summed E-state index contributed by atoms with van der Waals surface area (Å²) >= 11 is 12.0. The molecule has 0 aliphatic heterocycles. The fraction of sp³-hybridized carbons (Fsp3) is 0.250. The average molecular weight is 482 g/mol. The Bertz CT molecular complexity index is 1360. The van der Waals surface area contributed by atoms with E-state index in [1.54, 1.807) is 36.4 Å². The molecule has 1 aliphatic rings. The number of fused-ring (bicyclic) bond motifs is 2. The summed E-state index contributed by atoms with van der Waals surface area (Å²) in [5.41, 5.74) is 2.61. The van der Waals surface area contributed by atoms with E-state index in [-0.39, 0.29) is 23.8 Å². The number of carbonyl (C=O) groups excluding carboxylic acids is 2. The number of rotatable bonds is 4. The molecule has 2 aromatic heterocycles. The number of anilines is 1. The predicted molar refractivity (Wildman–Crippen MR) is 130 cm³/mol. The lowest BCUT2D eigenvalue weighted by molar-refractivity contribution is -0.120. The summed E-state index contributed by atoms with van der Waals surface area (Å²) < 4.78 is 0. The van der Waals surface area contributed by atoms with Gasteiger partial charge in [-0.15, -0.1) is 0 Å². The molecule has 1 aliphatic carbocycles. The van der Waals surface area contributed by atoms with Gasteiger partial charge in [-0.2, -0.15) is 0 Å². The monoisotopic (exact) mass is 481 g/mol. The second-order valence-corrected chi connectivity index (χ2v) is 9.16. The number of benzene rings is 2. The van der Waals surface area contributed by atoms with E-state index in [2.05, 4.69) is 25.6 Å². The second kappa shape index (κ2) is 9.00. The van der Waals surface area contributed by atoms with E-state index < -0.39 is 0 Å². The lowest BCUT2D eigenvalue weighted by Gasteiger charge is -2.28. The number of nitrogens with one attached hydrogen (secondary N) is 3. The van der Waals surface area contributed by atoms with Gasteiger partial charge in [-0.1, -0.05) is 29.3 Å². The van der Waals surface area contributed by atoms with E-state index in [1.165, 1.54) is 0 Å². The molecule has 0 radical (unpaired) electrons. The molecule has 2 heterocycles. The van der Waals surface area contributed by atoms with Crippen molar-refractivity contribution in [3.8, 4) is 0 Å². The van der Waals surface area contributed by atoms with Crippen LogP contribution in [0.4, 0.5) is 5.95 Å². The summed E-state index contributed by atoms with van der Waals surface area (Å²) in [7, 11) is 0. The van der Waals surface area contributed by atoms with Crippen LogP contribution >= 0.6 is 23.2 Å². The first-order chi connectivity index (χ1) is 15.9. The third-order valence-electron chi connectivity index (χ3n) is 6.00. The normalized spacial score (nSPS) is 18.4. The molecular formula is C24H21Cl2N5O2. The van der Waals surface area contributed by atoms with Crippen LogP contribution in [0.25, 0.3) is 21.9 Å². The molecule has 5 rings (SSSR count). The minimum atomic E-state index is -0.208. The highest BCUT2D eigenvalue weighted by Gasteiger charge is 2.28. The lowest BCUT2D eigenvalue weighted by atomic mass is 9.85. The largest absolute Gasteiger partial charge is 0.348 e. The first-order valence-corrected chi connectivity index (χ1v) is 11.5. The smallest absolute Gasteiger partial charge is 0.270 e. The number of pyridine rings is 1. The average Bonchev–Trinajstić information content (AvgIpc) is 3.20. The van der Waals surface area contributed by atoms with E-state index in [4.69, 9.17) is 23.2 Å².